The van der Waals surface area contributed by atoms with Gasteiger partial charge in [0.25, 0.3) is 0 Å². The normalized spacial score (nSPS) is 10.5. The van der Waals surface area contributed by atoms with Gasteiger partial charge in [-0.1, -0.05) is 22.0 Å². The molecule has 1 aromatic heterocycles. The van der Waals surface area contributed by atoms with Gasteiger partial charge in [-0.25, -0.2) is 0 Å². The van der Waals surface area contributed by atoms with E-state index < -0.39 is 0 Å². The van der Waals surface area contributed by atoms with Crippen molar-refractivity contribution in [3.05, 3.63) is 51.3 Å². The molecule has 0 spiro atoms. The SMILES string of the molecule is Nc1cc(Br)ccc1Cc1ccc(Cl)o1. The number of anilines is 1. The average Bonchev–Trinajstić information content (AvgIpc) is 2.56. The number of halogens is 2. The quantitative estimate of drug-likeness (QED) is 0.851. The van der Waals surface area contributed by atoms with Gasteiger partial charge in [-0.15, -0.1) is 0 Å². The molecule has 1 heterocycles. The lowest BCUT2D eigenvalue weighted by atomic mass is 10.1. The van der Waals surface area contributed by atoms with E-state index in [0.29, 0.717) is 11.6 Å². The third-order valence-corrected chi connectivity index (χ3v) is 2.80. The van der Waals surface area contributed by atoms with Gasteiger partial charge < -0.3 is 10.2 Å². The summed E-state index contributed by atoms with van der Waals surface area (Å²) in [4.78, 5) is 0. The lowest BCUT2D eigenvalue weighted by molar-refractivity contribution is 0.523. The Balaban J connectivity index is 2.24. The first-order valence-corrected chi connectivity index (χ1v) is 5.60. The maximum absolute atomic E-state index is 5.87. The van der Waals surface area contributed by atoms with Crippen LogP contribution in [-0.4, -0.2) is 0 Å². The largest absolute Gasteiger partial charge is 0.449 e. The minimum atomic E-state index is 0.403. The molecule has 0 fully saturated rings. The third-order valence-electron chi connectivity index (χ3n) is 2.10. The van der Waals surface area contributed by atoms with E-state index in [1.54, 1.807) is 6.07 Å². The smallest absolute Gasteiger partial charge is 0.193 e. The molecule has 0 radical (unpaired) electrons. The van der Waals surface area contributed by atoms with Crippen LogP contribution < -0.4 is 5.73 Å². The second-order valence-corrected chi connectivity index (χ2v) is 4.51. The van der Waals surface area contributed by atoms with Crippen LogP contribution in [0, 0.1) is 0 Å². The van der Waals surface area contributed by atoms with E-state index in [2.05, 4.69) is 15.9 Å². The van der Waals surface area contributed by atoms with E-state index in [1.165, 1.54) is 0 Å². The number of rotatable bonds is 2. The van der Waals surface area contributed by atoms with Crippen molar-refractivity contribution in [3.8, 4) is 0 Å². The van der Waals surface area contributed by atoms with E-state index >= 15 is 0 Å². The molecule has 0 aliphatic carbocycles. The maximum atomic E-state index is 5.87. The fourth-order valence-corrected chi connectivity index (χ4v) is 1.90. The van der Waals surface area contributed by atoms with Crippen molar-refractivity contribution >= 4 is 33.2 Å². The van der Waals surface area contributed by atoms with Crippen molar-refractivity contribution in [2.75, 3.05) is 5.73 Å². The predicted molar refractivity (Wildman–Crippen MR) is 65.1 cm³/mol. The number of benzene rings is 1. The molecule has 0 unspecified atom stereocenters. The molecule has 2 N–H and O–H groups in total. The van der Waals surface area contributed by atoms with Crippen molar-refractivity contribution in [2.24, 2.45) is 0 Å². The molecule has 2 aromatic rings. The molecule has 4 heteroatoms. The third kappa shape index (κ3) is 2.55. The Morgan fingerprint density at radius 1 is 1.27 bits per heavy atom. The summed E-state index contributed by atoms with van der Waals surface area (Å²) in [5, 5.41) is 0.403. The van der Waals surface area contributed by atoms with Crippen molar-refractivity contribution in [3.63, 3.8) is 0 Å². The van der Waals surface area contributed by atoms with Crippen molar-refractivity contribution in [1.82, 2.24) is 0 Å². The summed E-state index contributed by atoms with van der Waals surface area (Å²) in [6.45, 7) is 0. The Kier molecular flexibility index (Phi) is 3.03. The van der Waals surface area contributed by atoms with Gasteiger partial charge in [0, 0.05) is 16.6 Å². The summed E-state index contributed by atoms with van der Waals surface area (Å²) in [6.07, 6.45) is 0.659. The summed E-state index contributed by atoms with van der Waals surface area (Å²) in [5.74, 6) is 0.814. The van der Waals surface area contributed by atoms with Gasteiger partial charge >= 0.3 is 0 Å². The first kappa shape index (κ1) is 10.6. The molecule has 0 saturated carbocycles. The number of nitrogens with two attached hydrogens (primary N) is 1. The van der Waals surface area contributed by atoms with Gasteiger partial charge in [-0.2, -0.15) is 0 Å². The van der Waals surface area contributed by atoms with Crippen LogP contribution in [0.15, 0.2) is 39.2 Å². The monoisotopic (exact) mass is 285 g/mol. The highest BCUT2D eigenvalue weighted by Crippen LogP contribution is 2.23. The number of hydrogen-bond acceptors (Lipinski definition) is 2. The van der Waals surface area contributed by atoms with Crippen LogP contribution in [0.5, 0.6) is 0 Å². The highest BCUT2D eigenvalue weighted by molar-refractivity contribution is 9.10. The fraction of sp³-hybridized carbons (Fsp3) is 0.0909. The van der Waals surface area contributed by atoms with Crippen LogP contribution in [0.4, 0.5) is 5.69 Å². The molecule has 0 atom stereocenters. The van der Waals surface area contributed by atoms with Crippen LogP contribution in [0.2, 0.25) is 5.22 Å². The highest BCUT2D eigenvalue weighted by Gasteiger charge is 2.04. The second-order valence-electron chi connectivity index (χ2n) is 3.23. The van der Waals surface area contributed by atoms with Gasteiger partial charge in [-0.05, 0) is 41.4 Å². The lowest BCUT2D eigenvalue weighted by Gasteiger charge is -2.03. The highest BCUT2D eigenvalue weighted by atomic mass is 79.9. The molecule has 2 nitrogen and oxygen atoms in total. The Bertz CT molecular complexity index is 481. The van der Waals surface area contributed by atoms with Crippen LogP contribution in [0.25, 0.3) is 0 Å². The molecule has 0 saturated heterocycles. The first-order valence-electron chi connectivity index (χ1n) is 4.43. The zero-order valence-electron chi connectivity index (χ0n) is 7.84. The summed E-state index contributed by atoms with van der Waals surface area (Å²) >= 11 is 9.05. The van der Waals surface area contributed by atoms with E-state index in [-0.39, 0.29) is 0 Å². The summed E-state index contributed by atoms with van der Waals surface area (Å²) in [5.41, 5.74) is 7.65. The van der Waals surface area contributed by atoms with Crippen LogP contribution in [0.3, 0.4) is 0 Å². The van der Waals surface area contributed by atoms with E-state index in [9.17, 15) is 0 Å². The molecule has 0 amide bonds. The van der Waals surface area contributed by atoms with Gasteiger partial charge in [-0.3, -0.25) is 0 Å². The van der Waals surface area contributed by atoms with Gasteiger partial charge in [0.15, 0.2) is 5.22 Å². The molecule has 15 heavy (non-hydrogen) atoms. The molecule has 0 bridgehead atoms. The minimum Gasteiger partial charge on any atom is -0.449 e. The molecule has 78 valence electrons. The molecule has 0 aliphatic heterocycles. The standard InChI is InChI=1S/C11H9BrClNO/c12-8-2-1-7(10(14)6-8)5-9-3-4-11(13)15-9/h1-4,6H,5,14H2. The van der Waals surface area contributed by atoms with Crippen molar-refractivity contribution < 1.29 is 4.42 Å². The fourth-order valence-electron chi connectivity index (χ4n) is 1.36. The van der Waals surface area contributed by atoms with Crippen molar-refractivity contribution in [2.45, 2.75) is 6.42 Å². The minimum absolute atomic E-state index is 0.403. The zero-order valence-corrected chi connectivity index (χ0v) is 10.2. The Morgan fingerprint density at radius 2 is 2.07 bits per heavy atom. The average molecular weight is 287 g/mol. The van der Waals surface area contributed by atoms with Crippen LogP contribution in [-0.2, 0) is 6.42 Å². The Labute approximate surface area is 101 Å². The summed E-state index contributed by atoms with van der Waals surface area (Å²) < 4.78 is 6.24. The first-order chi connectivity index (χ1) is 7.15. The van der Waals surface area contributed by atoms with E-state index in [4.69, 9.17) is 21.8 Å². The topological polar surface area (TPSA) is 39.2 Å². The number of hydrogen-bond donors (Lipinski definition) is 1. The second kappa shape index (κ2) is 4.29. The number of nitrogen functional groups attached to an aromatic ring is 1. The molecular weight excluding hydrogens is 277 g/mol. The maximum Gasteiger partial charge on any atom is 0.193 e. The number of furan rings is 1. The summed E-state index contributed by atoms with van der Waals surface area (Å²) in [7, 11) is 0. The van der Waals surface area contributed by atoms with Crippen LogP contribution in [0.1, 0.15) is 11.3 Å². The van der Waals surface area contributed by atoms with Gasteiger partial charge in [0.1, 0.15) is 5.76 Å². The predicted octanol–water partition coefficient (Wildman–Crippen LogP) is 3.87. The van der Waals surface area contributed by atoms with Crippen molar-refractivity contribution in [1.29, 1.82) is 0 Å². The lowest BCUT2D eigenvalue weighted by Crippen LogP contribution is -1.94. The Morgan fingerprint density at radius 3 is 2.67 bits per heavy atom. The molecular formula is C11H9BrClNO. The molecule has 0 aliphatic rings. The van der Waals surface area contributed by atoms with Crippen LogP contribution >= 0.6 is 27.5 Å². The van der Waals surface area contributed by atoms with Gasteiger partial charge in [0.05, 0.1) is 0 Å². The Hall–Kier alpha value is -0.930. The van der Waals surface area contributed by atoms with E-state index in [0.717, 1.165) is 21.5 Å². The molecule has 2 rings (SSSR count). The molecule has 1 aromatic carbocycles. The summed E-state index contributed by atoms with van der Waals surface area (Å²) in [6, 6.07) is 9.38. The zero-order chi connectivity index (χ0) is 10.8. The van der Waals surface area contributed by atoms with E-state index in [1.807, 2.05) is 24.3 Å². The van der Waals surface area contributed by atoms with Gasteiger partial charge in [0.2, 0.25) is 0 Å².